The van der Waals surface area contributed by atoms with Crippen molar-refractivity contribution in [3.05, 3.63) is 29.8 Å². The van der Waals surface area contributed by atoms with Gasteiger partial charge in [-0.25, -0.2) is 0 Å². The molecule has 0 spiro atoms. The smallest absolute Gasteiger partial charge is 0.255 e. The molecular formula is C15H23N3O2. The molecule has 110 valence electrons. The van der Waals surface area contributed by atoms with Gasteiger partial charge in [0, 0.05) is 25.2 Å². The van der Waals surface area contributed by atoms with Gasteiger partial charge in [0.25, 0.3) is 5.91 Å². The monoisotopic (exact) mass is 277 g/mol. The van der Waals surface area contributed by atoms with Gasteiger partial charge in [0.15, 0.2) is 6.61 Å². The molecule has 0 bridgehead atoms. The summed E-state index contributed by atoms with van der Waals surface area (Å²) < 4.78 is 5.24. The Balaban J connectivity index is 1.88. The van der Waals surface area contributed by atoms with E-state index in [1.54, 1.807) is 0 Å². The van der Waals surface area contributed by atoms with E-state index in [0.717, 1.165) is 25.9 Å². The van der Waals surface area contributed by atoms with Crippen LogP contribution in [0.15, 0.2) is 24.3 Å². The molecule has 0 aliphatic carbocycles. The van der Waals surface area contributed by atoms with Gasteiger partial charge in [-0.05, 0) is 37.5 Å². The third-order valence-electron chi connectivity index (χ3n) is 3.74. The molecule has 5 nitrogen and oxygen atoms in total. The SMILES string of the molecule is CC1CC(N)CCN1Cc1ccc(OCC(N)=O)cc1. The van der Waals surface area contributed by atoms with E-state index in [1.807, 2.05) is 24.3 Å². The molecule has 1 heterocycles. The van der Waals surface area contributed by atoms with Crippen molar-refractivity contribution in [1.29, 1.82) is 0 Å². The first-order chi connectivity index (χ1) is 9.54. The standard InChI is InChI=1S/C15H23N3O2/c1-11-8-13(16)6-7-18(11)9-12-2-4-14(5-3-12)20-10-15(17)19/h2-5,11,13H,6-10,16H2,1H3,(H2,17,19). The Kier molecular flexibility index (Phi) is 4.98. The average molecular weight is 277 g/mol. The van der Waals surface area contributed by atoms with Crippen LogP contribution < -0.4 is 16.2 Å². The molecule has 0 aromatic heterocycles. The largest absolute Gasteiger partial charge is 0.484 e. The third kappa shape index (κ3) is 4.21. The first-order valence-corrected chi connectivity index (χ1v) is 7.04. The molecule has 1 fully saturated rings. The van der Waals surface area contributed by atoms with Gasteiger partial charge in [-0.2, -0.15) is 0 Å². The van der Waals surface area contributed by atoms with Crippen molar-refractivity contribution in [2.75, 3.05) is 13.2 Å². The Bertz CT molecular complexity index is 447. The summed E-state index contributed by atoms with van der Waals surface area (Å²) in [6, 6.07) is 8.65. The second-order valence-corrected chi connectivity index (χ2v) is 5.50. The predicted octanol–water partition coefficient (Wildman–Crippen LogP) is 0.862. The normalized spacial score (nSPS) is 23.5. The van der Waals surface area contributed by atoms with E-state index in [0.29, 0.717) is 17.8 Å². The number of hydrogen-bond donors (Lipinski definition) is 2. The summed E-state index contributed by atoms with van der Waals surface area (Å²) in [5.74, 6) is 0.203. The van der Waals surface area contributed by atoms with Crippen molar-refractivity contribution in [3.8, 4) is 5.75 Å². The fourth-order valence-electron chi connectivity index (χ4n) is 2.57. The summed E-state index contributed by atoms with van der Waals surface area (Å²) in [7, 11) is 0. The van der Waals surface area contributed by atoms with E-state index < -0.39 is 5.91 Å². The lowest BCUT2D eigenvalue weighted by Gasteiger charge is -2.36. The maximum atomic E-state index is 10.6. The van der Waals surface area contributed by atoms with Gasteiger partial charge >= 0.3 is 0 Å². The number of likely N-dealkylation sites (tertiary alicyclic amines) is 1. The fraction of sp³-hybridized carbons (Fsp3) is 0.533. The minimum Gasteiger partial charge on any atom is -0.484 e. The first-order valence-electron chi connectivity index (χ1n) is 7.04. The van der Waals surface area contributed by atoms with Crippen LogP contribution in [0.1, 0.15) is 25.3 Å². The van der Waals surface area contributed by atoms with Gasteiger partial charge in [-0.15, -0.1) is 0 Å². The number of nitrogens with zero attached hydrogens (tertiary/aromatic N) is 1. The van der Waals surface area contributed by atoms with Gasteiger partial charge in [-0.3, -0.25) is 9.69 Å². The highest BCUT2D eigenvalue weighted by Crippen LogP contribution is 2.20. The molecule has 1 aromatic carbocycles. The van der Waals surface area contributed by atoms with Gasteiger partial charge in [0.05, 0.1) is 0 Å². The number of nitrogens with two attached hydrogens (primary N) is 2. The number of ether oxygens (including phenoxy) is 1. The van der Waals surface area contributed by atoms with Crippen LogP contribution in [-0.2, 0) is 11.3 Å². The lowest BCUT2D eigenvalue weighted by Crippen LogP contribution is -2.44. The van der Waals surface area contributed by atoms with Crippen LogP contribution >= 0.6 is 0 Å². The number of piperidine rings is 1. The molecule has 0 radical (unpaired) electrons. The van der Waals surface area contributed by atoms with Crippen molar-refractivity contribution in [3.63, 3.8) is 0 Å². The maximum Gasteiger partial charge on any atom is 0.255 e. The molecule has 2 rings (SSSR count). The summed E-state index contributed by atoms with van der Waals surface area (Å²) in [6.45, 7) is 4.11. The molecule has 1 aliphatic heterocycles. The van der Waals surface area contributed by atoms with Gasteiger partial charge in [-0.1, -0.05) is 12.1 Å². The van der Waals surface area contributed by atoms with E-state index in [2.05, 4.69) is 11.8 Å². The van der Waals surface area contributed by atoms with Crippen LogP contribution in [0, 0.1) is 0 Å². The van der Waals surface area contributed by atoms with Crippen LogP contribution in [0.3, 0.4) is 0 Å². The minimum absolute atomic E-state index is 0.0829. The molecule has 2 atom stereocenters. The van der Waals surface area contributed by atoms with E-state index in [4.69, 9.17) is 16.2 Å². The molecule has 1 aromatic rings. The molecule has 4 N–H and O–H groups in total. The first kappa shape index (κ1) is 14.8. The lowest BCUT2D eigenvalue weighted by atomic mass is 9.98. The summed E-state index contributed by atoms with van der Waals surface area (Å²) in [5, 5.41) is 0. The quantitative estimate of drug-likeness (QED) is 0.836. The minimum atomic E-state index is -0.465. The summed E-state index contributed by atoms with van der Waals surface area (Å²) in [5.41, 5.74) is 12.3. The number of rotatable bonds is 5. The summed E-state index contributed by atoms with van der Waals surface area (Å²) >= 11 is 0. The van der Waals surface area contributed by atoms with Crippen LogP contribution in [0.25, 0.3) is 0 Å². The zero-order valence-corrected chi connectivity index (χ0v) is 11.9. The Hall–Kier alpha value is -1.59. The van der Waals surface area contributed by atoms with Crippen molar-refractivity contribution in [1.82, 2.24) is 4.90 Å². The molecule has 1 aliphatic rings. The summed E-state index contributed by atoms with van der Waals surface area (Å²) in [4.78, 5) is 13.1. The van der Waals surface area contributed by atoms with Crippen molar-refractivity contribution in [2.45, 2.75) is 38.4 Å². The van der Waals surface area contributed by atoms with Crippen LogP contribution in [0.2, 0.25) is 0 Å². The Morgan fingerprint density at radius 3 is 2.70 bits per heavy atom. The average Bonchev–Trinajstić information content (AvgIpc) is 2.41. The molecule has 5 heteroatoms. The Morgan fingerprint density at radius 1 is 1.40 bits per heavy atom. The second-order valence-electron chi connectivity index (χ2n) is 5.50. The molecule has 0 saturated carbocycles. The maximum absolute atomic E-state index is 10.6. The van der Waals surface area contributed by atoms with Gasteiger partial charge < -0.3 is 16.2 Å². The second kappa shape index (κ2) is 6.72. The van der Waals surface area contributed by atoms with E-state index in [9.17, 15) is 4.79 Å². The van der Waals surface area contributed by atoms with E-state index >= 15 is 0 Å². The molecule has 20 heavy (non-hydrogen) atoms. The number of benzene rings is 1. The number of carbonyl (C=O) groups is 1. The highest BCUT2D eigenvalue weighted by Gasteiger charge is 2.22. The number of primary amides is 1. The predicted molar refractivity (Wildman–Crippen MR) is 78.2 cm³/mol. The zero-order chi connectivity index (χ0) is 14.5. The highest BCUT2D eigenvalue weighted by molar-refractivity contribution is 5.75. The van der Waals surface area contributed by atoms with Crippen molar-refractivity contribution in [2.24, 2.45) is 11.5 Å². The molecule has 1 amide bonds. The lowest BCUT2D eigenvalue weighted by molar-refractivity contribution is -0.119. The Labute approximate surface area is 119 Å². The van der Waals surface area contributed by atoms with Crippen LogP contribution in [0.4, 0.5) is 0 Å². The van der Waals surface area contributed by atoms with Crippen molar-refractivity contribution >= 4 is 5.91 Å². The summed E-state index contributed by atoms with van der Waals surface area (Å²) in [6.07, 6.45) is 2.12. The number of amides is 1. The number of carbonyl (C=O) groups excluding carboxylic acids is 1. The van der Waals surface area contributed by atoms with Crippen LogP contribution in [-0.4, -0.2) is 36.0 Å². The van der Waals surface area contributed by atoms with Crippen molar-refractivity contribution < 1.29 is 9.53 Å². The fourth-order valence-corrected chi connectivity index (χ4v) is 2.57. The van der Waals surface area contributed by atoms with E-state index in [1.165, 1.54) is 5.56 Å². The Morgan fingerprint density at radius 2 is 2.10 bits per heavy atom. The van der Waals surface area contributed by atoms with Crippen LogP contribution in [0.5, 0.6) is 5.75 Å². The third-order valence-corrected chi connectivity index (χ3v) is 3.74. The zero-order valence-electron chi connectivity index (χ0n) is 11.9. The molecule has 1 saturated heterocycles. The van der Waals surface area contributed by atoms with Gasteiger partial charge in [0.1, 0.15) is 5.75 Å². The molecular weight excluding hydrogens is 254 g/mol. The highest BCUT2D eigenvalue weighted by atomic mass is 16.5. The number of hydrogen-bond acceptors (Lipinski definition) is 4. The topological polar surface area (TPSA) is 81.6 Å². The van der Waals surface area contributed by atoms with Gasteiger partial charge in [0.2, 0.25) is 0 Å². The molecule has 2 unspecified atom stereocenters. The van der Waals surface area contributed by atoms with E-state index in [-0.39, 0.29) is 6.61 Å².